The minimum atomic E-state index is -0.672. The number of aliphatic carboxylic acids is 1. The highest BCUT2D eigenvalue weighted by Crippen LogP contribution is 2.33. The summed E-state index contributed by atoms with van der Waals surface area (Å²) in [5, 5.41) is 9.08. The zero-order valence-corrected chi connectivity index (χ0v) is 10.1. The number of imidazole rings is 1. The van der Waals surface area contributed by atoms with Gasteiger partial charge in [0.25, 0.3) is 0 Å². The number of hydrogen-bond donors (Lipinski definition) is 1. The molecule has 92 valence electrons. The Morgan fingerprint density at radius 2 is 2.29 bits per heavy atom. The second kappa shape index (κ2) is 3.86. The van der Waals surface area contributed by atoms with Crippen LogP contribution in [0.4, 0.5) is 0 Å². The lowest BCUT2D eigenvalue weighted by molar-refractivity contribution is -0.142. The average molecular weight is 234 g/mol. The molecule has 0 radical (unpaired) electrons. The minimum Gasteiger partial charge on any atom is -0.481 e. The van der Waals surface area contributed by atoms with Gasteiger partial charge in [-0.25, -0.2) is 4.98 Å². The van der Waals surface area contributed by atoms with E-state index in [1.165, 1.54) is 24.4 Å². The molecule has 0 spiro atoms. The third kappa shape index (κ3) is 1.66. The average Bonchev–Trinajstić information content (AvgIpc) is 2.68. The fourth-order valence-electron chi connectivity index (χ4n) is 3.17. The van der Waals surface area contributed by atoms with Crippen LogP contribution in [0.1, 0.15) is 49.3 Å². The van der Waals surface area contributed by atoms with Crippen molar-refractivity contribution in [2.75, 3.05) is 0 Å². The first kappa shape index (κ1) is 10.8. The SMILES string of the molecule is CC1CCCn2c1nc1c2CCC(C(=O)O)C1. The van der Waals surface area contributed by atoms with E-state index in [9.17, 15) is 4.79 Å². The van der Waals surface area contributed by atoms with Crippen LogP contribution in [0.15, 0.2) is 0 Å². The fraction of sp³-hybridized carbons (Fsp3) is 0.692. The third-order valence-corrected chi connectivity index (χ3v) is 4.16. The van der Waals surface area contributed by atoms with Crippen molar-refractivity contribution in [2.45, 2.75) is 51.5 Å². The lowest BCUT2D eigenvalue weighted by atomic mass is 9.90. The maximum absolute atomic E-state index is 11.0. The van der Waals surface area contributed by atoms with Crippen LogP contribution in [0.5, 0.6) is 0 Å². The molecule has 1 aliphatic heterocycles. The maximum atomic E-state index is 11.0. The molecule has 0 amide bonds. The molecular weight excluding hydrogens is 216 g/mol. The number of carboxylic acid groups (broad SMARTS) is 1. The van der Waals surface area contributed by atoms with Gasteiger partial charge in [-0.2, -0.15) is 0 Å². The quantitative estimate of drug-likeness (QED) is 0.808. The molecule has 0 bridgehead atoms. The molecule has 3 rings (SSSR count). The molecule has 0 aromatic carbocycles. The second-order valence-corrected chi connectivity index (χ2v) is 5.34. The van der Waals surface area contributed by atoms with Gasteiger partial charge < -0.3 is 9.67 Å². The van der Waals surface area contributed by atoms with Gasteiger partial charge in [0, 0.05) is 24.6 Å². The van der Waals surface area contributed by atoms with Gasteiger partial charge in [-0.05, 0) is 25.7 Å². The van der Waals surface area contributed by atoms with E-state index >= 15 is 0 Å². The van der Waals surface area contributed by atoms with Crippen molar-refractivity contribution in [3.05, 3.63) is 17.2 Å². The Kier molecular flexibility index (Phi) is 2.45. The van der Waals surface area contributed by atoms with Crippen molar-refractivity contribution in [1.29, 1.82) is 0 Å². The van der Waals surface area contributed by atoms with E-state index < -0.39 is 5.97 Å². The van der Waals surface area contributed by atoms with Crippen molar-refractivity contribution in [3.8, 4) is 0 Å². The summed E-state index contributed by atoms with van der Waals surface area (Å²) in [6, 6.07) is 0. The van der Waals surface area contributed by atoms with Gasteiger partial charge in [-0.1, -0.05) is 6.92 Å². The van der Waals surface area contributed by atoms with Crippen LogP contribution in [-0.4, -0.2) is 20.6 Å². The van der Waals surface area contributed by atoms with Crippen molar-refractivity contribution in [3.63, 3.8) is 0 Å². The van der Waals surface area contributed by atoms with Gasteiger partial charge in [0.1, 0.15) is 5.82 Å². The Bertz CT molecular complexity index is 464. The van der Waals surface area contributed by atoms with Gasteiger partial charge in [-0.15, -0.1) is 0 Å². The summed E-state index contributed by atoms with van der Waals surface area (Å²) in [6.45, 7) is 3.29. The first-order chi connectivity index (χ1) is 8.16. The van der Waals surface area contributed by atoms with E-state index in [0.717, 1.165) is 25.1 Å². The van der Waals surface area contributed by atoms with Gasteiger partial charge in [0.2, 0.25) is 0 Å². The Morgan fingerprint density at radius 1 is 1.47 bits per heavy atom. The fourth-order valence-corrected chi connectivity index (χ4v) is 3.17. The minimum absolute atomic E-state index is 0.227. The number of aromatic nitrogens is 2. The van der Waals surface area contributed by atoms with E-state index in [-0.39, 0.29) is 5.92 Å². The molecule has 4 heteroatoms. The summed E-state index contributed by atoms with van der Waals surface area (Å²) in [5.74, 6) is 0.814. The van der Waals surface area contributed by atoms with Crippen LogP contribution >= 0.6 is 0 Å². The molecule has 1 aromatic rings. The zero-order chi connectivity index (χ0) is 12.0. The summed E-state index contributed by atoms with van der Waals surface area (Å²) in [5.41, 5.74) is 2.36. The Morgan fingerprint density at radius 3 is 3.06 bits per heavy atom. The van der Waals surface area contributed by atoms with Crippen molar-refractivity contribution in [2.24, 2.45) is 5.92 Å². The molecule has 2 heterocycles. The van der Waals surface area contributed by atoms with E-state index in [1.54, 1.807) is 0 Å². The summed E-state index contributed by atoms with van der Waals surface area (Å²) in [7, 11) is 0. The van der Waals surface area contributed by atoms with E-state index in [1.807, 2.05) is 0 Å². The van der Waals surface area contributed by atoms with Crippen molar-refractivity contribution < 1.29 is 9.90 Å². The molecule has 2 unspecified atom stereocenters. The smallest absolute Gasteiger partial charge is 0.306 e. The highest BCUT2D eigenvalue weighted by molar-refractivity contribution is 5.70. The Balaban J connectivity index is 1.97. The first-order valence-electron chi connectivity index (χ1n) is 6.47. The van der Waals surface area contributed by atoms with Gasteiger partial charge in [0.05, 0.1) is 11.6 Å². The number of hydrogen-bond acceptors (Lipinski definition) is 2. The summed E-state index contributed by atoms with van der Waals surface area (Å²) in [6.07, 6.45) is 4.70. The Hall–Kier alpha value is -1.32. The lowest BCUT2D eigenvalue weighted by Gasteiger charge is -2.23. The number of rotatable bonds is 1. The number of fused-ring (bicyclic) bond motifs is 3. The monoisotopic (exact) mass is 234 g/mol. The third-order valence-electron chi connectivity index (χ3n) is 4.16. The predicted molar refractivity (Wildman–Crippen MR) is 63.0 cm³/mol. The van der Waals surface area contributed by atoms with E-state index in [0.29, 0.717) is 12.3 Å². The lowest BCUT2D eigenvalue weighted by Crippen LogP contribution is -2.23. The molecule has 17 heavy (non-hydrogen) atoms. The number of nitrogens with zero attached hydrogens (tertiary/aromatic N) is 2. The second-order valence-electron chi connectivity index (χ2n) is 5.34. The van der Waals surface area contributed by atoms with Crippen LogP contribution in [0.3, 0.4) is 0 Å². The largest absolute Gasteiger partial charge is 0.481 e. The highest BCUT2D eigenvalue weighted by Gasteiger charge is 2.31. The van der Waals surface area contributed by atoms with Gasteiger partial charge in [0.15, 0.2) is 0 Å². The van der Waals surface area contributed by atoms with E-state index in [2.05, 4.69) is 11.5 Å². The molecular formula is C13H18N2O2. The molecule has 1 N–H and O–H groups in total. The summed E-state index contributed by atoms with van der Waals surface area (Å²) < 4.78 is 2.35. The topological polar surface area (TPSA) is 55.1 Å². The number of carbonyl (C=O) groups is 1. The van der Waals surface area contributed by atoms with Crippen LogP contribution in [0, 0.1) is 5.92 Å². The molecule has 1 aromatic heterocycles. The molecule has 2 atom stereocenters. The molecule has 4 nitrogen and oxygen atoms in total. The summed E-state index contributed by atoms with van der Waals surface area (Å²) in [4.78, 5) is 15.7. The van der Waals surface area contributed by atoms with Crippen molar-refractivity contribution in [1.82, 2.24) is 9.55 Å². The van der Waals surface area contributed by atoms with Crippen LogP contribution in [0.2, 0.25) is 0 Å². The highest BCUT2D eigenvalue weighted by atomic mass is 16.4. The van der Waals surface area contributed by atoms with Gasteiger partial charge in [-0.3, -0.25) is 4.79 Å². The predicted octanol–water partition coefficient (Wildman–Crippen LogP) is 1.97. The molecule has 1 aliphatic carbocycles. The van der Waals surface area contributed by atoms with Crippen LogP contribution in [-0.2, 0) is 24.2 Å². The Labute approximate surface area is 101 Å². The molecule has 0 saturated heterocycles. The zero-order valence-electron chi connectivity index (χ0n) is 10.1. The molecule has 0 fully saturated rings. The summed E-state index contributed by atoms with van der Waals surface area (Å²) >= 11 is 0. The molecule has 0 saturated carbocycles. The first-order valence-corrected chi connectivity index (χ1v) is 6.47. The normalized spacial score (nSPS) is 27.4. The van der Waals surface area contributed by atoms with Gasteiger partial charge >= 0.3 is 5.97 Å². The number of carboxylic acids is 1. The van der Waals surface area contributed by atoms with Crippen LogP contribution in [0.25, 0.3) is 0 Å². The maximum Gasteiger partial charge on any atom is 0.306 e. The van der Waals surface area contributed by atoms with Crippen LogP contribution < -0.4 is 0 Å². The standard InChI is InChI=1S/C13H18N2O2/c1-8-3-2-6-15-11-5-4-9(13(16)17)7-10(11)14-12(8)15/h8-9H,2-7H2,1H3,(H,16,17). The van der Waals surface area contributed by atoms with Crippen molar-refractivity contribution >= 4 is 5.97 Å². The van der Waals surface area contributed by atoms with E-state index in [4.69, 9.17) is 10.1 Å². The molecule has 2 aliphatic rings.